The van der Waals surface area contributed by atoms with E-state index in [0.717, 1.165) is 12.1 Å². The first-order valence-corrected chi connectivity index (χ1v) is 5.87. The van der Waals surface area contributed by atoms with Gasteiger partial charge in [-0.25, -0.2) is 8.78 Å². The molecule has 0 fully saturated rings. The highest BCUT2D eigenvalue weighted by atomic mass is 19.1. The second-order valence-corrected chi connectivity index (χ2v) is 4.16. The zero-order chi connectivity index (χ0) is 14.7. The van der Waals surface area contributed by atoms with Crippen molar-refractivity contribution >= 4 is 0 Å². The molecular weight excluding hydrogens is 264 g/mol. The van der Waals surface area contributed by atoms with Crippen LogP contribution < -0.4 is 4.74 Å². The topological polar surface area (TPSA) is 53.2 Å². The Bertz CT molecular complexity index is 678. The summed E-state index contributed by atoms with van der Waals surface area (Å²) in [5, 5.41) is 18.5. The molecule has 0 aliphatic rings. The second kappa shape index (κ2) is 5.68. The van der Waals surface area contributed by atoms with Gasteiger partial charge in [0.1, 0.15) is 23.2 Å². The lowest BCUT2D eigenvalue weighted by Crippen LogP contribution is -2.00. The van der Waals surface area contributed by atoms with Gasteiger partial charge in [0.15, 0.2) is 11.6 Å². The fourth-order valence-corrected chi connectivity index (χ4v) is 1.77. The Kier molecular flexibility index (Phi) is 3.97. The summed E-state index contributed by atoms with van der Waals surface area (Å²) < 4.78 is 32.6. The Balaban J connectivity index is 2.51. The third kappa shape index (κ3) is 2.60. The molecule has 1 unspecified atom stereocenters. The van der Waals surface area contributed by atoms with Crippen LogP contribution in [0.5, 0.6) is 11.5 Å². The van der Waals surface area contributed by atoms with Crippen molar-refractivity contribution in [1.82, 2.24) is 0 Å². The molecule has 0 aliphatic carbocycles. The number of nitrogens with zero attached hydrogens (tertiary/aromatic N) is 1. The first-order chi connectivity index (χ1) is 9.54. The zero-order valence-corrected chi connectivity index (χ0v) is 10.6. The van der Waals surface area contributed by atoms with Gasteiger partial charge in [-0.1, -0.05) is 18.2 Å². The molecule has 0 amide bonds. The van der Waals surface area contributed by atoms with Crippen molar-refractivity contribution in [2.24, 2.45) is 0 Å². The molecule has 0 aromatic heterocycles. The summed E-state index contributed by atoms with van der Waals surface area (Å²) in [6.07, 6.45) is -0.959. The predicted octanol–water partition coefficient (Wildman–Crippen LogP) is 3.68. The van der Waals surface area contributed by atoms with E-state index in [-0.39, 0.29) is 22.6 Å². The molecule has 0 bridgehead atoms. The van der Waals surface area contributed by atoms with Crippen LogP contribution in [0.4, 0.5) is 8.78 Å². The van der Waals surface area contributed by atoms with Crippen LogP contribution in [-0.2, 0) is 0 Å². The van der Waals surface area contributed by atoms with Crippen LogP contribution in [0.3, 0.4) is 0 Å². The Labute approximate surface area is 114 Å². The fraction of sp³-hybridized carbons (Fsp3) is 0.133. The molecule has 2 rings (SSSR count). The van der Waals surface area contributed by atoms with Crippen molar-refractivity contribution in [2.75, 3.05) is 0 Å². The minimum Gasteiger partial charge on any atom is -0.452 e. The molecule has 0 saturated carbocycles. The quantitative estimate of drug-likeness (QED) is 0.929. The number of ether oxygens (including phenoxy) is 1. The van der Waals surface area contributed by atoms with Gasteiger partial charge in [-0.2, -0.15) is 5.26 Å². The average molecular weight is 275 g/mol. The second-order valence-electron chi connectivity index (χ2n) is 4.16. The summed E-state index contributed by atoms with van der Waals surface area (Å²) in [4.78, 5) is 0. The van der Waals surface area contributed by atoms with E-state index in [1.54, 1.807) is 6.07 Å². The maximum atomic E-state index is 13.8. The van der Waals surface area contributed by atoms with Crippen LogP contribution in [0.1, 0.15) is 24.2 Å². The van der Waals surface area contributed by atoms with E-state index in [2.05, 4.69) is 0 Å². The molecule has 20 heavy (non-hydrogen) atoms. The van der Waals surface area contributed by atoms with Crippen molar-refractivity contribution in [1.29, 1.82) is 5.26 Å². The average Bonchev–Trinajstić information content (AvgIpc) is 2.41. The first kappa shape index (κ1) is 14.0. The molecule has 2 aromatic rings. The number of halogens is 2. The summed E-state index contributed by atoms with van der Waals surface area (Å²) in [7, 11) is 0. The smallest absolute Gasteiger partial charge is 0.168 e. The van der Waals surface area contributed by atoms with Crippen molar-refractivity contribution in [3.63, 3.8) is 0 Å². The Hall–Kier alpha value is -2.45. The predicted molar refractivity (Wildman–Crippen MR) is 68.2 cm³/mol. The number of aliphatic hydroxyl groups excluding tert-OH is 1. The molecule has 0 aliphatic heterocycles. The molecule has 1 atom stereocenters. The molecule has 1 N–H and O–H groups in total. The van der Waals surface area contributed by atoms with Crippen LogP contribution >= 0.6 is 0 Å². The highest BCUT2D eigenvalue weighted by molar-refractivity contribution is 5.48. The van der Waals surface area contributed by atoms with Crippen LogP contribution in [0.25, 0.3) is 0 Å². The molecule has 0 spiro atoms. The van der Waals surface area contributed by atoms with Gasteiger partial charge < -0.3 is 9.84 Å². The third-order valence-electron chi connectivity index (χ3n) is 2.75. The highest BCUT2D eigenvalue weighted by Crippen LogP contribution is 2.34. The highest BCUT2D eigenvalue weighted by Gasteiger charge is 2.17. The zero-order valence-electron chi connectivity index (χ0n) is 10.6. The lowest BCUT2D eigenvalue weighted by Gasteiger charge is -2.14. The fourth-order valence-electron chi connectivity index (χ4n) is 1.77. The number of rotatable bonds is 3. The minimum atomic E-state index is -0.959. The van der Waals surface area contributed by atoms with E-state index >= 15 is 0 Å². The normalized spacial score (nSPS) is 11.8. The summed E-state index contributed by atoms with van der Waals surface area (Å²) in [6, 6.07) is 9.58. The Morgan fingerprint density at radius 2 is 1.80 bits per heavy atom. The van der Waals surface area contributed by atoms with Gasteiger partial charge in [0.25, 0.3) is 0 Å². The third-order valence-corrected chi connectivity index (χ3v) is 2.75. The number of para-hydroxylation sites is 1. The molecular formula is C15H11F2NO2. The van der Waals surface area contributed by atoms with E-state index in [4.69, 9.17) is 10.00 Å². The van der Waals surface area contributed by atoms with Crippen molar-refractivity contribution in [3.8, 4) is 17.6 Å². The standard InChI is InChI=1S/C15H11F2NO2/c1-9(19)10-4-2-6-13(17)15(10)20-14-7-3-5-12(16)11(14)8-18/h2-7,9,19H,1H3. The molecule has 0 saturated heterocycles. The number of hydrogen-bond acceptors (Lipinski definition) is 3. The van der Waals surface area contributed by atoms with Crippen molar-refractivity contribution in [3.05, 3.63) is 59.2 Å². The van der Waals surface area contributed by atoms with Crippen molar-refractivity contribution < 1.29 is 18.6 Å². The van der Waals surface area contributed by atoms with Gasteiger partial charge >= 0.3 is 0 Å². The molecule has 2 aromatic carbocycles. The number of aliphatic hydroxyl groups is 1. The monoisotopic (exact) mass is 275 g/mol. The summed E-state index contributed by atoms with van der Waals surface area (Å²) in [5.41, 5.74) is -0.0922. The van der Waals surface area contributed by atoms with E-state index < -0.39 is 17.7 Å². The van der Waals surface area contributed by atoms with Gasteiger partial charge in [0.05, 0.1) is 6.10 Å². The van der Waals surface area contributed by atoms with Crippen molar-refractivity contribution in [2.45, 2.75) is 13.0 Å². The maximum Gasteiger partial charge on any atom is 0.168 e. The Morgan fingerprint density at radius 3 is 2.45 bits per heavy atom. The molecule has 0 heterocycles. The lowest BCUT2D eigenvalue weighted by atomic mass is 10.1. The number of hydrogen-bond donors (Lipinski definition) is 1. The molecule has 102 valence electrons. The van der Waals surface area contributed by atoms with Crippen LogP contribution in [0.15, 0.2) is 36.4 Å². The lowest BCUT2D eigenvalue weighted by molar-refractivity contribution is 0.194. The van der Waals surface area contributed by atoms with E-state index in [9.17, 15) is 13.9 Å². The largest absolute Gasteiger partial charge is 0.452 e. The summed E-state index contributed by atoms with van der Waals surface area (Å²) in [5.74, 6) is -1.76. The van der Waals surface area contributed by atoms with Gasteiger partial charge in [-0.05, 0) is 25.1 Å². The maximum absolute atomic E-state index is 13.8. The van der Waals surface area contributed by atoms with Gasteiger partial charge in [-0.3, -0.25) is 0 Å². The van der Waals surface area contributed by atoms with E-state index in [0.29, 0.717) is 0 Å². The molecule has 5 heteroatoms. The van der Waals surface area contributed by atoms with Crippen LogP contribution in [0, 0.1) is 23.0 Å². The molecule has 3 nitrogen and oxygen atoms in total. The van der Waals surface area contributed by atoms with Crippen LogP contribution in [-0.4, -0.2) is 5.11 Å². The number of benzene rings is 2. The number of nitriles is 1. The first-order valence-electron chi connectivity index (χ1n) is 5.87. The van der Waals surface area contributed by atoms with Crippen LogP contribution in [0.2, 0.25) is 0 Å². The molecule has 0 radical (unpaired) electrons. The summed E-state index contributed by atoms with van der Waals surface area (Å²) >= 11 is 0. The van der Waals surface area contributed by atoms with Gasteiger partial charge in [-0.15, -0.1) is 0 Å². The van der Waals surface area contributed by atoms with Gasteiger partial charge in [0.2, 0.25) is 0 Å². The van der Waals surface area contributed by atoms with Gasteiger partial charge in [0, 0.05) is 5.56 Å². The van der Waals surface area contributed by atoms with E-state index in [1.165, 1.54) is 31.2 Å². The SMILES string of the molecule is CC(O)c1cccc(F)c1Oc1cccc(F)c1C#N. The van der Waals surface area contributed by atoms with E-state index in [1.807, 2.05) is 0 Å². The Morgan fingerprint density at radius 1 is 1.15 bits per heavy atom. The minimum absolute atomic E-state index is 0.0977. The summed E-state index contributed by atoms with van der Waals surface area (Å²) in [6.45, 7) is 1.46.